The summed E-state index contributed by atoms with van der Waals surface area (Å²) in [6.45, 7) is 3.86. The van der Waals surface area contributed by atoms with Crippen LogP contribution in [0.3, 0.4) is 0 Å². The number of nitrogens with zero attached hydrogens (tertiary/aromatic N) is 6. The second-order valence-electron chi connectivity index (χ2n) is 7.20. The second-order valence-corrected chi connectivity index (χ2v) is 7.20. The number of hydrogen-bond donors (Lipinski definition) is 4. The van der Waals surface area contributed by atoms with E-state index in [2.05, 4.69) is 36.2 Å². The van der Waals surface area contributed by atoms with E-state index < -0.39 is 24.0 Å². The zero-order valence-corrected chi connectivity index (χ0v) is 19.2. The molecule has 3 aromatic rings. The topological polar surface area (TPSA) is 172 Å². The standard InChI is InChI=1S/C21H24FN9O4/c1-4-35-11-16(12(2)26-21(32)33)28-19-15(22)7-13(9-23)18(29-19)27-14-8-17(20(34-3)24-10-14)31-6-5-25-30-31/h5-8,10,12,16,26H,4,11H2,1-3H3,(H,32,33)(H2,27,28,29)/t12-,16+/m0/s1. The summed E-state index contributed by atoms with van der Waals surface area (Å²) in [6.07, 6.45) is 3.32. The van der Waals surface area contributed by atoms with Crippen molar-refractivity contribution < 1.29 is 23.8 Å². The number of carbonyl (C=O) groups is 1. The van der Waals surface area contributed by atoms with Crippen LogP contribution in [-0.4, -0.2) is 68.6 Å². The Bertz CT molecular complexity index is 1200. The Morgan fingerprint density at radius 3 is 2.80 bits per heavy atom. The van der Waals surface area contributed by atoms with Crippen molar-refractivity contribution >= 4 is 23.4 Å². The molecular formula is C21H24FN9O4. The molecule has 0 aliphatic heterocycles. The Morgan fingerprint density at radius 2 is 2.17 bits per heavy atom. The lowest BCUT2D eigenvalue weighted by molar-refractivity contribution is 0.127. The molecule has 0 saturated carbocycles. The number of anilines is 3. The Balaban J connectivity index is 1.93. The SMILES string of the molecule is CCOC[C@@H](Nc1nc(Nc2cnc(OC)c(-n3ccnn3)c2)c(C#N)cc1F)[C@H](C)NC(=O)O. The van der Waals surface area contributed by atoms with Gasteiger partial charge in [-0.3, -0.25) is 0 Å². The summed E-state index contributed by atoms with van der Waals surface area (Å²) in [4.78, 5) is 19.5. The monoisotopic (exact) mass is 485 g/mol. The highest BCUT2D eigenvalue weighted by atomic mass is 19.1. The number of methoxy groups -OCH3 is 1. The van der Waals surface area contributed by atoms with Gasteiger partial charge in [0.2, 0.25) is 5.88 Å². The quantitative estimate of drug-likeness (QED) is 0.314. The van der Waals surface area contributed by atoms with Gasteiger partial charge in [-0.15, -0.1) is 5.10 Å². The molecule has 0 aromatic carbocycles. The van der Waals surface area contributed by atoms with Gasteiger partial charge in [0.1, 0.15) is 11.8 Å². The number of ether oxygens (including phenoxy) is 2. The molecule has 14 heteroatoms. The first kappa shape index (κ1) is 25.1. The van der Waals surface area contributed by atoms with Crippen molar-refractivity contribution in [3.05, 3.63) is 42.1 Å². The molecule has 0 spiro atoms. The molecule has 0 aliphatic carbocycles. The zero-order chi connectivity index (χ0) is 25.4. The minimum atomic E-state index is -1.23. The number of rotatable bonds is 11. The molecule has 0 fully saturated rings. The van der Waals surface area contributed by atoms with E-state index in [1.807, 2.05) is 6.07 Å². The fraction of sp³-hybridized carbons (Fsp3) is 0.333. The van der Waals surface area contributed by atoms with Gasteiger partial charge in [-0.05, 0) is 26.0 Å². The molecule has 0 bridgehead atoms. The van der Waals surface area contributed by atoms with Crippen molar-refractivity contribution in [1.29, 1.82) is 5.26 Å². The largest absolute Gasteiger partial charge is 0.479 e. The van der Waals surface area contributed by atoms with E-state index in [0.29, 0.717) is 18.0 Å². The van der Waals surface area contributed by atoms with Crippen LogP contribution >= 0.6 is 0 Å². The van der Waals surface area contributed by atoms with Gasteiger partial charge < -0.3 is 30.5 Å². The normalized spacial score (nSPS) is 12.3. The molecule has 184 valence electrons. The van der Waals surface area contributed by atoms with Crippen LogP contribution in [-0.2, 0) is 4.74 Å². The smallest absolute Gasteiger partial charge is 0.404 e. The van der Waals surface area contributed by atoms with Gasteiger partial charge in [0.25, 0.3) is 0 Å². The predicted octanol–water partition coefficient (Wildman–Crippen LogP) is 2.29. The van der Waals surface area contributed by atoms with Gasteiger partial charge in [0, 0.05) is 6.61 Å². The number of carboxylic acid groups (broad SMARTS) is 1. The molecule has 3 aromatic heterocycles. The van der Waals surface area contributed by atoms with Crippen LogP contribution in [0.1, 0.15) is 19.4 Å². The molecule has 35 heavy (non-hydrogen) atoms. The van der Waals surface area contributed by atoms with Crippen molar-refractivity contribution in [3.63, 3.8) is 0 Å². The third-order valence-corrected chi connectivity index (χ3v) is 4.83. The Kier molecular flexibility index (Phi) is 8.30. The molecule has 0 unspecified atom stereocenters. The maximum atomic E-state index is 14.8. The summed E-state index contributed by atoms with van der Waals surface area (Å²) < 4.78 is 26.9. The fourth-order valence-corrected chi connectivity index (χ4v) is 3.10. The second kappa shape index (κ2) is 11.6. The third-order valence-electron chi connectivity index (χ3n) is 4.83. The van der Waals surface area contributed by atoms with E-state index in [0.717, 1.165) is 6.07 Å². The molecule has 13 nitrogen and oxygen atoms in total. The molecule has 1 amide bonds. The molecule has 3 rings (SSSR count). The summed E-state index contributed by atoms with van der Waals surface area (Å²) in [5.74, 6) is -0.628. The average molecular weight is 485 g/mol. The van der Waals surface area contributed by atoms with Crippen LogP contribution in [0.5, 0.6) is 5.88 Å². The minimum absolute atomic E-state index is 0.0516. The lowest BCUT2D eigenvalue weighted by Crippen LogP contribution is -2.47. The van der Waals surface area contributed by atoms with E-state index in [1.54, 1.807) is 26.1 Å². The maximum Gasteiger partial charge on any atom is 0.404 e. The summed E-state index contributed by atoms with van der Waals surface area (Å²) in [5.41, 5.74) is 0.841. The van der Waals surface area contributed by atoms with Gasteiger partial charge in [-0.25, -0.2) is 23.8 Å². The van der Waals surface area contributed by atoms with Crippen LogP contribution in [0.25, 0.3) is 5.69 Å². The highest BCUT2D eigenvalue weighted by molar-refractivity contribution is 5.67. The van der Waals surface area contributed by atoms with E-state index in [-0.39, 0.29) is 29.7 Å². The van der Waals surface area contributed by atoms with E-state index >= 15 is 0 Å². The van der Waals surface area contributed by atoms with Crippen LogP contribution in [0.4, 0.5) is 26.5 Å². The third kappa shape index (κ3) is 6.30. The summed E-state index contributed by atoms with van der Waals surface area (Å²) >= 11 is 0. The van der Waals surface area contributed by atoms with Crippen LogP contribution in [0, 0.1) is 17.1 Å². The van der Waals surface area contributed by atoms with Crippen molar-refractivity contribution in [2.75, 3.05) is 31.0 Å². The first-order valence-electron chi connectivity index (χ1n) is 10.5. The Hall–Kier alpha value is -4.51. The van der Waals surface area contributed by atoms with Crippen molar-refractivity contribution in [1.82, 2.24) is 30.3 Å². The summed E-state index contributed by atoms with van der Waals surface area (Å²) in [5, 5.41) is 34.4. The lowest BCUT2D eigenvalue weighted by Gasteiger charge is -2.26. The number of amides is 1. The predicted molar refractivity (Wildman–Crippen MR) is 122 cm³/mol. The molecule has 2 atom stereocenters. The number of halogens is 1. The van der Waals surface area contributed by atoms with Crippen molar-refractivity contribution in [2.45, 2.75) is 25.9 Å². The number of nitriles is 1. The van der Waals surface area contributed by atoms with Gasteiger partial charge >= 0.3 is 6.09 Å². The molecule has 0 radical (unpaired) electrons. The van der Waals surface area contributed by atoms with Crippen LogP contribution < -0.4 is 20.7 Å². The summed E-state index contributed by atoms with van der Waals surface area (Å²) in [7, 11) is 1.46. The molecular weight excluding hydrogens is 461 g/mol. The summed E-state index contributed by atoms with van der Waals surface area (Å²) in [6, 6.07) is 3.30. The first-order chi connectivity index (χ1) is 16.9. The van der Waals surface area contributed by atoms with Crippen LogP contribution in [0.2, 0.25) is 0 Å². The van der Waals surface area contributed by atoms with Gasteiger partial charge in [0.15, 0.2) is 17.5 Å². The minimum Gasteiger partial charge on any atom is -0.479 e. The first-order valence-corrected chi connectivity index (χ1v) is 10.5. The zero-order valence-electron chi connectivity index (χ0n) is 19.2. The molecule has 0 aliphatic rings. The van der Waals surface area contributed by atoms with Gasteiger partial charge in [0.05, 0.1) is 55.6 Å². The number of nitrogens with one attached hydrogen (secondary N) is 3. The number of pyridine rings is 2. The highest BCUT2D eigenvalue weighted by Gasteiger charge is 2.22. The number of hydrogen-bond acceptors (Lipinski definition) is 10. The lowest BCUT2D eigenvalue weighted by atomic mass is 10.1. The fourth-order valence-electron chi connectivity index (χ4n) is 3.10. The van der Waals surface area contributed by atoms with E-state index in [9.17, 15) is 14.4 Å². The van der Waals surface area contributed by atoms with E-state index in [1.165, 1.54) is 24.2 Å². The Morgan fingerprint density at radius 1 is 1.37 bits per heavy atom. The van der Waals surface area contributed by atoms with Crippen LogP contribution in [0.15, 0.2) is 30.7 Å². The highest BCUT2D eigenvalue weighted by Crippen LogP contribution is 2.27. The van der Waals surface area contributed by atoms with Crippen molar-refractivity contribution in [2.24, 2.45) is 0 Å². The van der Waals surface area contributed by atoms with Gasteiger partial charge in [-0.2, -0.15) is 5.26 Å². The van der Waals surface area contributed by atoms with E-state index in [4.69, 9.17) is 14.6 Å². The van der Waals surface area contributed by atoms with Gasteiger partial charge in [-0.1, -0.05) is 5.21 Å². The Labute approximate surface area is 199 Å². The van der Waals surface area contributed by atoms with Crippen molar-refractivity contribution in [3.8, 4) is 17.6 Å². The maximum absolute atomic E-state index is 14.8. The number of aromatic nitrogens is 5. The molecule has 3 heterocycles. The molecule has 0 saturated heterocycles. The average Bonchev–Trinajstić information content (AvgIpc) is 3.37. The molecule has 4 N–H and O–H groups in total.